The molecule has 3 aliphatic rings. The molecule has 0 bridgehead atoms. The minimum atomic E-state index is -0.473. The minimum absolute atomic E-state index is 0.0490. The zero-order valence-corrected chi connectivity index (χ0v) is 25.4. The third-order valence-electron chi connectivity index (χ3n) is 9.30. The van der Waals surface area contributed by atoms with E-state index in [2.05, 4.69) is 34.2 Å². The lowest BCUT2D eigenvalue weighted by atomic mass is 9.98. The van der Waals surface area contributed by atoms with Gasteiger partial charge in [-0.2, -0.15) is 9.97 Å². The molecule has 2 aromatic carbocycles. The fourth-order valence-corrected chi connectivity index (χ4v) is 6.96. The van der Waals surface area contributed by atoms with Gasteiger partial charge in [0.15, 0.2) is 0 Å². The number of phenolic OH excluding ortho intramolecular Hbond substituents is 1. The van der Waals surface area contributed by atoms with Crippen LogP contribution in [0.4, 0.5) is 15.9 Å². The standard InChI is InChI=1S/C34H39FN6O3/c1-5-26-28(35)12-11-22-17-25(42)18-30(32(22)26)40-16-13-27-29(20-40)36-34(44-21-24-10-7-14-38(24)3)37-33(27)39(4)19-23-9-8-15-41(23)31(43)6-2/h1,6,11-12,17-18,23-24,42H,2,7-10,13-16,19-21H2,3-4H3/t23-,24-/m0/s1. The second-order valence-electron chi connectivity index (χ2n) is 12.1. The number of hydrogen-bond donors (Lipinski definition) is 1. The Bertz CT molecular complexity index is 1640. The lowest BCUT2D eigenvalue weighted by Gasteiger charge is -2.35. The van der Waals surface area contributed by atoms with Crippen molar-refractivity contribution in [2.45, 2.75) is 50.7 Å². The van der Waals surface area contributed by atoms with Crippen LogP contribution in [0.2, 0.25) is 0 Å². The van der Waals surface area contributed by atoms with Gasteiger partial charge in [-0.1, -0.05) is 18.6 Å². The van der Waals surface area contributed by atoms with Crippen molar-refractivity contribution in [3.05, 3.63) is 59.6 Å². The fraction of sp³-hybridized carbons (Fsp3) is 0.441. The normalized spacial score (nSPS) is 20.0. The molecule has 4 heterocycles. The summed E-state index contributed by atoms with van der Waals surface area (Å²) >= 11 is 0. The molecule has 2 fully saturated rings. The number of carbonyl (C=O) groups excluding carboxylic acids is 1. The minimum Gasteiger partial charge on any atom is -0.508 e. The van der Waals surface area contributed by atoms with Gasteiger partial charge in [0.2, 0.25) is 5.91 Å². The van der Waals surface area contributed by atoms with Crippen LogP contribution < -0.4 is 14.5 Å². The highest BCUT2D eigenvalue weighted by molar-refractivity contribution is 6.00. The van der Waals surface area contributed by atoms with Crippen molar-refractivity contribution >= 4 is 28.2 Å². The van der Waals surface area contributed by atoms with E-state index >= 15 is 0 Å². The number of halogens is 1. The smallest absolute Gasteiger partial charge is 0.318 e. The van der Waals surface area contributed by atoms with Gasteiger partial charge in [0.25, 0.3) is 0 Å². The van der Waals surface area contributed by atoms with E-state index in [1.165, 1.54) is 12.1 Å². The van der Waals surface area contributed by atoms with E-state index in [-0.39, 0.29) is 23.3 Å². The summed E-state index contributed by atoms with van der Waals surface area (Å²) in [5.74, 6) is 2.86. The van der Waals surface area contributed by atoms with Crippen LogP contribution in [-0.2, 0) is 17.8 Å². The average Bonchev–Trinajstić information content (AvgIpc) is 3.66. The molecule has 2 atom stereocenters. The number of aromatic hydroxyl groups is 1. The van der Waals surface area contributed by atoms with Gasteiger partial charge in [0.1, 0.15) is 24.0 Å². The third-order valence-corrected chi connectivity index (χ3v) is 9.30. The highest BCUT2D eigenvalue weighted by atomic mass is 19.1. The topological polar surface area (TPSA) is 85.3 Å². The van der Waals surface area contributed by atoms with Gasteiger partial charge >= 0.3 is 6.01 Å². The van der Waals surface area contributed by atoms with Crippen LogP contribution in [0.1, 0.15) is 42.5 Å². The first kappa shape index (κ1) is 29.7. The second-order valence-corrected chi connectivity index (χ2v) is 12.1. The van der Waals surface area contributed by atoms with E-state index in [1.807, 2.05) is 11.9 Å². The number of likely N-dealkylation sites (N-methyl/N-ethyl adjacent to an activating group) is 2. The third kappa shape index (κ3) is 5.64. The van der Waals surface area contributed by atoms with Crippen molar-refractivity contribution < 1.29 is 19.0 Å². The molecule has 9 nitrogen and oxygen atoms in total. The highest BCUT2D eigenvalue weighted by Gasteiger charge is 2.32. The SMILES string of the molecule is C#Cc1c(F)ccc2cc(O)cc(N3CCc4c(nc(OC[C@@H]5CCCN5C)nc4N(C)C[C@@H]4CCCN4C(=O)C=C)C3)c12. The summed E-state index contributed by atoms with van der Waals surface area (Å²) in [7, 11) is 4.11. The number of rotatable bonds is 8. The van der Waals surface area contributed by atoms with Crippen LogP contribution in [-0.4, -0.2) is 89.7 Å². The summed E-state index contributed by atoms with van der Waals surface area (Å²) < 4.78 is 21.1. The first-order valence-electron chi connectivity index (χ1n) is 15.3. The maximum absolute atomic E-state index is 14.8. The summed E-state index contributed by atoms with van der Waals surface area (Å²) in [6.45, 7) is 7.56. The molecule has 3 aliphatic heterocycles. The Morgan fingerprint density at radius 1 is 1.23 bits per heavy atom. The van der Waals surface area contributed by atoms with E-state index < -0.39 is 5.82 Å². The van der Waals surface area contributed by atoms with Crippen LogP contribution in [0.25, 0.3) is 10.8 Å². The number of amides is 1. The number of hydrogen-bond acceptors (Lipinski definition) is 8. The van der Waals surface area contributed by atoms with E-state index in [1.54, 1.807) is 18.2 Å². The molecule has 1 aromatic heterocycles. The summed E-state index contributed by atoms with van der Waals surface area (Å²) in [6, 6.07) is 6.89. The Morgan fingerprint density at radius 2 is 2.02 bits per heavy atom. The Morgan fingerprint density at radius 3 is 2.77 bits per heavy atom. The number of terminal acetylenes is 1. The molecule has 1 N–H and O–H groups in total. The molecule has 230 valence electrons. The van der Waals surface area contributed by atoms with Crippen molar-refractivity contribution in [2.75, 3.05) is 56.7 Å². The zero-order valence-electron chi connectivity index (χ0n) is 25.4. The van der Waals surface area contributed by atoms with Crippen molar-refractivity contribution in [3.8, 4) is 24.1 Å². The molecule has 3 aromatic rings. The molecular weight excluding hydrogens is 559 g/mol. The van der Waals surface area contributed by atoms with E-state index in [0.29, 0.717) is 61.2 Å². The Labute approximate surface area is 257 Å². The van der Waals surface area contributed by atoms with E-state index in [0.717, 1.165) is 55.8 Å². The van der Waals surface area contributed by atoms with Crippen molar-refractivity contribution in [2.24, 2.45) is 0 Å². The maximum atomic E-state index is 14.8. The number of anilines is 2. The fourth-order valence-electron chi connectivity index (χ4n) is 6.96. The number of likely N-dealkylation sites (tertiary alicyclic amines) is 2. The van der Waals surface area contributed by atoms with Gasteiger partial charge in [-0.05, 0) is 69.3 Å². The Balaban J connectivity index is 1.35. The number of phenols is 1. The van der Waals surface area contributed by atoms with Crippen LogP contribution in [0.15, 0.2) is 36.9 Å². The van der Waals surface area contributed by atoms with E-state index in [4.69, 9.17) is 21.1 Å². The molecule has 1 amide bonds. The number of fused-ring (bicyclic) bond motifs is 2. The van der Waals surface area contributed by atoms with Gasteiger partial charge in [0.05, 0.1) is 17.8 Å². The zero-order chi connectivity index (χ0) is 31.0. The number of nitrogens with zero attached hydrogens (tertiary/aromatic N) is 6. The van der Waals surface area contributed by atoms with E-state index in [9.17, 15) is 14.3 Å². The second kappa shape index (κ2) is 12.3. The average molecular weight is 599 g/mol. The summed E-state index contributed by atoms with van der Waals surface area (Å²) in [4.78, 5) is 30.7. The quantitative estimate of drug-likeness (QED) is 0.307. The molecule has 44 heavy (non-hydrogen) atoms. The molecule has 0 unspecified atom stereocenters. The Hall–Kier alpha value is -4.36. The number of aromatic nitrogens is 2. The number of carbonyl (C=O) groups is 1. The molecule has 10 heteroatoms. The first-order valence-corrected chi connectivity index (χ1v) is 15.3. The Kier molecular flexibility index (Phi) is 8.32. The van der Waals surface area contributed by atoms with Crippen molar-refractivity contribution in [3.63, 3.8) is 0 Å². The molecule has 2 saturated heterocycles. The first-order chi connectivity index (χ1) is 21.3. The molecule has 0 spiro atoms. The van der Waals surface area contributed by atoms with Gasteiger partial charge in [-0.3, -0.25) is 4.79 Å². The molecule has 6 rings (SSSR count). The predicted octanol–water partition coefficient (Wildman–Crippen LogP) is 4.10. The number of ether oxygens (including phenoxy) is 1. The lowest BCUT2D eigenvalue weighted by Crippen LogP contribution is -2.42. The monoisotopic (exact) mass is 598 g/mol. The molecule has 0 aliphatic carbocycles. The van der Waals surface area contributed by atoms with Crippen molar-refractivity contribution in [1.82, 2.24) is 19.8 Å². The summed E-state index contributed by atoms with van der Waals surface area (Å²) in [6.07, 6.45) is 11.8. The number of benzene rings is 2. The largest absolute Gasteiger partial charge is 0.508 e. The molecule has 0 saturated carbocycles. The summed E-state index contributed by atoms with van der Waals surface area (Å²) in [5, 5.41) is 11.8. The van der Waals surface area contributed by atoms with Crippen molar-refractivity contribution in [1.29, 1.82) is 0 Å². The van der Waals surface area contributed by atoms with Crippen LogP contribution in [0.3, 0.4) is 0 Å². The van der Waals surface area contributed by atoms with Gasteiger partial charge < -0.3 is 29.4 Å². The van der Waals surface area contributed by atoms with Crippen LogP contribution >= 0.6 is 0 Å². The van der Waals surface area contributed by atoms with Crippen LogP contribution in [0, 0.1) is 18.2 Å². The maximum Gasteiger partial charge on any atom is 0.318 e. The summed E-state index contributed by atoms with van der Waals surface area (Å²) in [5.41, 5.74) is 2.66. The van der Waals surface area contributed by atoms with Crippen LogP contribution in [0.5, 0.6) is 11.8 Å². The van der Waals surface area contributed by atoms with Gasteiger partial charge in [-0.25, -0.2) is 4.39 Å². The van der Waals surface area contributed by atoms with Gasteiger partial charge in [-0.15, -0.1) is 6.42 Å². The predicted molar refractivity (Wildman–Crippen MR) is 170 cm³/mol. The highest BCUT2D eigenvalue weighted by Crippen LogP contribution is 2.38. The molecular formula is C34H39FN6O3. The molecule has 0 radical (unpaired) electrons. The van der Waals surface area contributed by atoms with Gasteiger partial charge in [0, 0.05) is 61.5 Å². The lowest BCUT2D eigenvalue weighted by molar-refractivity contribution is -0.126.